The molecule has 0 unspecified atom stereocenters. The minimum absolute atomic E-state index is 0.173. The van der Waals surface area contributed by atoms with Crippen molar-refractivity contribution in [3.05, 3.63) is 53.3 Å². The minimum atomic E-state index is -0.173. The molecule has 0 aliphatic rings. The van der Waals surface area contributed by atoms with E-state index in [-0.39, 0.29) is 11.9 Å². The van der Waals surface area contributed by atoms with E-state index in [1.165, 1.54) is 0 Å². The van der Waals surface area contributed by atoms with Gasteiger partial charge in [-0.3, -0.25) is 4.79 Å². The van der Waals surface area contributed by atoms with Crippen molar-refractivity contribution in [2.45, 2.75) is 33.4 Å². The van der Waals surface area contributed by atoms with E-state index in [0.717, 1.165) is 28.0 Å². The van der Waals surface area contributed by atoms with Crippen LogP contribution in [0.15, 0.2) is 36.5 Å². The molecule has 1 aromatic carbocycles. The topological polar surface area (TPSA) is 69.0 Å². The third kappa shape index (κ3) is 3.53. The summed E-state index contributed by atoms with van der Waals surface area (Å²) in [5, 5.41) is 8.09. The fourth-order valence-electron chi connectivity index (χ4n) is 2.81. The van der Waals surface area contributed by atoms with E-state index in [0.29, 0.717) is 12.2 Å². The summed E-state index contributed by atoms with van der Waals surface area (Å²) in [4.78, 5) is 17.4. The molecule has 6 heteroatoms. The molecule has 0 fully saturated rings. The second-order valence-corrected chi connectivity index (χ2v) is 6.32. The number of pyridine rings is 1. The number of aromatic nitrogens is 3. The molecule has 0 aliphatic heterocycles. The summed E-state index contributed by atoms with van der Waals surface area (Å²) in [6, 6.07) is 9.59. The molecule has 0 saturated heterocycles. The summed E-state index contributed by atoms with van der Waals surface area (Å²) < 4.78 is 6.97. The van der Waals surface area contributed by atoms with E-state index in [4.69, 9.17) is 4.74 Å². The van der Waals surface area contributed by atoms with Gasteiger partial charge in [0.05, 0.1) is 23.8 Å². The summed E-state index contributed by atoms with van der Waals surface area (Å²) >= 11 is 0. The van der Waals surface area contributed by atoms with Gasteiger partial charge in [-0.05, 0) is 44.5 Å². The van der Waals surface area contributed by atoms with Crippen molar-refractivity contribution in [1.82, 2.24) is 14.8 Å². The van der Waals surface area contributed by atoms with Gasteiger partial charge in [0.1, 0.15) is 0 Å². The van der Waals surface area contributed by atoms with Crippen LogP contribution < -0.4 is 5.32 Å². The fraction of sp³-hybridized carbons (Fsp3) is 0.316. The van der Waals surface area contributed by atoms with Gasteiger partial charge in [0, 0.05) is 24.5 Å². The molecule has 0 bridgehead atoms. The monoisotopic (exact) mass is 338 g/mol. The van der Waals surface area contributed by atoms with Crippen LogP contribution in [0.1, 0.15) is 41.5 Å². The number of hydrogen-bond donors (Lipinski definition) is 1. The predicted molar refractivity (Wildman–Crippen MR) is 97.8 cm³/mol. The van der Waals surface area contributed by atoms with E-state index >= 15 is 0 Å². The summed E-state index contributed by atoms with van der Waals surface area (Å²) in [7, 11) is 1.65. The van der Waals surface area contributed by atoms with Gasteiger partial charge in [-0.15, -0.1) is 0 Å². The van der Waals surface area contributed by atoms with E-state index < -0.39 is 0 Å². The molecule has 0 atom stereocenters. The minimum Gasteiger partial charge on any atom is -0.380 e. The number of hydrogen-bond acceptors (Lipinski definition) is 4. The van der Waals surface area contributed by atoms with Crippen LogP contribution in [-0.2, 0) is 11.3 Å². The van der Waals surface area contributed by atoms with E-state index in [2.05, 4.69) is 15.4 Å². The lowest BCUT2D eigenvalue weighted by atomic mass is 10.1. The van der Waals surface area contributed by atoms with Gasteiger partial charge in [-0.1, -0.05) is 12.1 Å². The summed E-state index contributed by atoms with van der Waals surface area (Å²) in [5.74, 6) is -0.173. The van der Waals surface area contributed by atoms with Crippen LogP contribution in [0.5, 0.6) is 0 Å². The quantitative estimate of drug-likeness (QED) is 0.770. The highest BCUT2D eigenvalue weighted by Gasteiger charge is 2.17. The van der Waals surface area contributed by atoms with Crippen LogP contribution in [0.2, 0.25) is 0 Å². The lowest BCUT2D eigenvalue weighted by molar-refractivity contribution is 0.102. The largest absolute Gasteiger partial charge is 0.380 e. The van der Waals surface area contributed by atoms with Crippen molar-refractivity contribution in [2.24, 2.45) is 0 Å². The molecule has 2 aromatic heterocycles. The summed E-state index contributed by atoms with van der Waals surface area (Å²) in [6.07, 6.45) is 1.71. The molecular weight excluding hydrogens is 316 g/mol. The summed E-state index contributed by atoms with van der Waals surface area (Å²) in [5.41, 5.74) is 3.83. The Morgan fingerprint density at radius 3 is 2.84 bits per heavy atom. The van der Waals surface area contributed by atoms with Crippen molar-refractivity contribution >= 4 is 22.6 Å². The van der Waals surface area contributed by atoms with Crippen molar-refractivity contribution in [1.29, 1.82) is 0 Å². The van der Waals surface area contributed by atoms with E-state index in [1.807, 2.05) is 49.7 Å². The number of rotatable bonds is 5. The molecule has 25 heavy (non-hydrogen) atoms. The smallest absolute Gasteiger partial charge is 0.256 e. The zero-order chi connectivity index (χ0) is 18.0. The molecule has 2 heterocycles. The van der Waals surface area contributed by atoms with Gasteiger partial charge < -0.3 is 10.1 Å². The first-order valence-corrected chi connectivity index (χ1v) is 8.23. The van der Waals surface area contributed by atoms with Crippen LogP contribution >= 0.6 is 0 Å². The number of aryl methyl sites for hydroxylation is 1. The molecule has 3 aromatic rings. The molecule has 0 spiro atoms. The molecule has 3 rings (SSSR count). The fourth-order valence-corrected chi connectivity index (χ4v) is 2.81. The molecule has 0 radical (unpaired) electrons. The van der Waals surface area contributed by atoms with Gasteiger partial charge in [0.25, 0.3) is 5.91 Å². The zero-order valence-electron chi connectivity index (χ0n) is 14.9. The summed E-state index contributed by atoms with van der Waals surface area (Å²) in [6.45, 7) is 6.46. The van der Waals surface area contributed by atoms with Gasteiger partial charge in [-0.2, -0.15) is 5.10 Å². The molecule has 0 aliphatic carbocycles. The number of fused-ring (bicyclic) bond motifs is 1. The molecule has 1 N–H and O–H groups in total. The maximum absolute atomic E-state index is 12.8. The third-order valence-electron chi connectivity index (χ3n) is 3.92. The Hall–Kier alpha value is -2.73. The predicted octanol–water partition coefficient (Wildman–Crippen LogP) is 3.72. The number of nitrogens with zero attached hydrogens (tertiary/aromatic N) is 3. The normalized spacial score (nSPS) is 11.2. The Labute approximate surface area is 146 Å². The molecule has 1 amide bonds. The van der Waals surface area contributed by atoms with Gasteiger partial charge in [-0.25, -0.2) is 9.67 Å². The SMILES string of the molecule is COCc1cccc(NC(=O)c2cc(C)nc3c2cnn3C(C)C)c1. The number of benzene rings is 1. The molecule has 0 saturated carbocycles. The first-order chi connectivity index (χ1) is 12.0. The number of amides is 1. The number of anilines is 1. The Bertz CT molecular complexity index is 915. The first kappa shape index (κ1) is 17.1. The van der Waals surface area contributed by atoms with E-state index in [9.17, 15) is 4.79 Å². The van der Waals surface area contributed by atoms with Crippen molar-refractivity contribution in [3.8, 4) is 0 Å². The lowest BCUT2D eigenvalue weighted by Crippen LogP contribution is -2.13. The number of nitrogens with one attached hydrogen (secondary N) is 1. The second kappa shape index (κ2) is 7.03. The van der Waals surface area contributed by atoms with Crippen molar-refractivity contribution in [2.75, 3.05) is 12.4 Å². The number of carbonyl (C=O) groups is 1. The van der Waals surface area contributed by atoms with Crippen molar-refractivity contribution < 1.29 is 9.53 Å². The van der Waals surface area contributed by atoms with Crippen LogP contribution in [-0.4, -0.2) is 27.8 Å². The second-order valence-electron chi connectivity index (χ2n) is 6.32. The molecular formula is C19H22N4O2. The standard InChI is InChI=1S/C19H22N4O2/c1-12(2)23-18-17(10-20-23)16(8-13(3)21-18)19(24)22-15-7-5-6-14(9-15)11-25-4/h5-10,12H,11H2,1-4H3,(H,22,24). The van der Waals surface area contributed by atoms with Gasteiger partial charge >= 0.3 is 0 Å². The number of ether oxygens (including phenoxy) is 1. The van der Waals surface area contributed by atoms with Crippen LogP contribution in [0.25, 0.3) is 11.0 Å². The van der Waals surface area contributed by atoms with Crippen molar-refractivity contribution in [3.63, 3.8) is 0 Å². The highest BCUT2D eigenvalue weighted by atomic mass is 16.5. The number of methoxy groups -OCH3 is 1. The Morgan fingerprint density at radius 1 is 1.32 bits per heavy atom. The zero-order valence-corrected chi connectivity index (χ0v) is 14.9. The van der Waals surface area contributed by atoms with Gasteiger partial charge in [0.15, 0.2) is 5.65 Å². The van der Waals surface area contributed by atoms with Gasteiger partial charge in [0.2, 0.25) is 0 Å². The Balaban J connectivity index is 1.96. The van der Waals surface area contributed by atoms with Crippen LogP contribution in [0.4, 0.5) is 5.69 Å². The average Bonchev–Trinajstić information content (AvgIpc) is 2.98. The third-order valence-corrected chi connectivity index (χ3v) is 3.92. The highest BCUT2D eigenvalue weighted by Crippen LogP contribution is 2.22. The Morgan fingerprint density at radius 2 is 2.12 bits per heavy atom. The maximum atomic E-state index is 12.8. The first-order valence-electron chi connectivity index (χ1n) is 8.23. The van der Waals surface area contributed by atoms with Crippen LogP contribution in [0.3, 0.4) is 0 Å². The van der Waals surface area contributed by atoms with Crippen LogP contribution in [0, 0.1) is 6.92 Å². The average molecular weight is 338 g/mol. The highest BCUT2D eigenvalue weighted by molar-refractivity contribution is 6.12. The number of carbonyl (C=O) groups excluding carboxylic acids is 1. The molecule has 130 valence electrons. The Kier molecular flexibility index (Phi) is 4.81. The lowest BCUT2D eigenvalue weighted by Gasteiger charge is -2.10. The molecule has 6 nitrogen and oxygen atoms in total. The van der Waals surface area contributed by atoms with E-state index in [1.54, 1.807) is 19.4 Å². The maximum Gasteiger partial charge on any atom is 0.256 e.